The SMILES string of the molecule is CCN(CC)c1ccc([C@@H](N)c2ccsc2)cc1. The first kappa shape index (κ1) is 13.1. The van der Waals surface area contributed by atoms with E-state index in [-0.39, 0.29) is 6.04 Å². The highest BCUT2D eigenvalue weighted by atomic mass is 32.1. The predicted octanol–water partition coefficient (Wildman–Crippen LogP) is 3.64. The zero-order chi connectivity index (χ0) is 13.0. The lowest BCUT2D eigenvalue weighted by Crippen LogP contribution is -2.21. The van der Waals surface area contributed by atoms with Gasteiger partial charge in [-0.1, -0.05) is 12.1 Å². The summed E-state index contributed by atoms with van der Waals surface area (Å²) in [6, 6.07) is 10.7. The lowest BCUT2D eigenvalue weighted by atomic mass is 10.0. The molecular weight excluding hydrogens is 240 g/mol. The number of nitrogens with two attached hydrogens (primary N) is 1. The maximum absolute atomic E-state index is 6.24. The van der Waals surface area contributed by atoms with Crippen molar-refractivity contribution in [3.05, 3.63) is 52.2 Å². The molecule has 1 atom stereocenters. The van der Waals surface area contributed by atoms with Crippen molar-refractivity contribution in [3.8, 4) is 0 Å². The van der Waals surface area contributed by atoms with Crippen LogP contribution in [0.5, 0.6) is 0 Å². The number of hydrogen-bond donors (Lipinski definition) is 1. The molecule has 0 spiro atoms. The Kier molecular flexibility index (Phi) is 4.39. The van der Waals surface area contributed by atoms with E-state index in [1.54, 1.807) is 11.3 Å². The topological polar surface area (TPSA) is 29.3 Å². The van der Waals surface area contributed by atoms with Crippen molar-refractivity contribution in [2.45, 2.75) is 19.9 Å². The Bertz CT molecular complexity index is 458. The molecular formula is C15H20N2S. The Labute approximate surface area is 113 Å². The van der Waals surface area contributed by atoms with Gasteiger partial charge in [0.2, 0.25) is 0 Å². The van der Waals surface area contributed by atoms with E-state index in [4.69, 9.17) is 5.73 Å². The van der Waals surface area contributed by atoms with Crippen LogP contribution in [0.15, 0.2) is 41.1 Å². The Morgan fingerprint density at radius 1 is 1.06 bits per heavy atom. The van der Waals surface area contributed by atoms with Crippen LogP contribution in [0.4, 0.5) is 5.69 Å². The number of nitrogens with zero attached hydrogens (tertiary/aromatic N) is 1. The molecule has 2 aromatic rings. The third-order valence-electron chi connectivity index (χ3n) is 3.28. The van der Waals surface area contributed by atoms with E-state index < -0.39 is 0 Å². The van der Waals surface area contributed by atoms with Gasteiger partial charge in [0.1, 0.15) is 0 Å². The summed E-state index contributed by atoms with van der Waals surface area (Å²) in [6.07, 6.45) is 0. The first-order valence-corrected chi connectivity index (χ1v) is 7.33. The number of thiophene rings is 1. The summed E-state index contributed by atoms with van der Waals surface area (Å²) in [6.45, 7) is 6.42. The molecule has 3 heteroatoms. The second-order valence-corrected chi connectivity index (χ2v) is 5.08. The smallest absolute Gasteiger partial charge is 0.0559 e. The predicted molar refractivity (Wildman–Crippen MR) is 80.4 cm³/mol. The minimum absolute atomic E-state index is 0.0120. The molecule has 1 heterocycles. The summed E-state index contributed by atoms with van der Waals surface area (Å²) in [5, 5.41) is 4.18. The van der Waals surface area contributed by atoms with Crippen LogP contribution in [0.3, 0.4) is 0 Å². The quantitative estimate of drug-likeness (QED) is 0.889. The molecule has 1 aromatic carbocycles. The summed E-state index contributed by atoms with van der Waals surface area (Å²) in [4.78, 5) is 2.33. The molecule has 0 aliphatic rings. The average molecular weight is 260 g/mol. The molecule has 0 unspecified atom stereocenters. The van der Waals surface area contributed by atoms with Crippen LogP contribution < -0.4 is 10.6 Å². The zero-order valence-corrected chi connectivity index (χ0v) is 11.8. The summed E-state index contributed by atoms with van der Waals surface area (Å²) >= 11 is 1.69. The van der Waals surface area contributed by atoms with Crippen molar-refractivity contribution in [1.82, 2.24) is 0 Å². The van der Waals surface area contributed by atoms with Gasteiger partial charge in [-0.25, -0.2) is 0 Å². The van der Waals surface area contributed by atoms with Crippen LogP contribution >= 0.6 is 11.3 Å². The molecule has 0 aliphatic heterocycles. The molecule has 2 rings (SSSR count). The Morgan fingerprint density at radius 2 is 1.72 bits per heavy atom. The van der Waals surface area contributed by atoms with Gasteiger partial charge < -0.3 is 10.6 Å². The van der Waals surface area contributed by atoms with Crippen molar-refractivity contribution < 1.29 is 0 Å². The van der Waals surface area contributed by atoms with E-state index in [2.05, 4.69) is 59.8 Å². The molecule has 0 amide bonds. The molecule has 0 saturated heterocycles. The second kappa shape index (κ2) is 6.03. The first-order valence-electron chi connectivity index (χ1n) is 6.38. The third kappa shape index (κ3) is 2.74. The molecule has 96 valence electrons. The summed E-state index contributed by atoms with van der Waals surface area (Å²) < 4.78 is 0. The van der Waals surface area contributed by atoms with E-state index in [0.29, 0.717) is 0 Å². The fourth-order valence-corrected chi connectivity index (χ4v) is 2.82. The number of hydrogen-bond acceptors (Lipinski definition) is 3. The van der Waals surface area contributed by atoms with Crippen LogP contribution in [0.1, 0.15) is 31.0 Å². The number of benzene rings is 1. The molecule has 2 N–H and O–H groups in total. The highest BCUT2D eigenvalue weighted by Crippen LogP contribution is 2.24. The van der Waals surface area contributed by atoms with Crippen molar-refractivity contribution in [2.24, 2.45) is 5.73 Å². The van der Waals surface area contributed by atoms with Gasteiger partial charge in [0.25, 0.3) is 0 Å². The van der Waals surface area contributed by atoms with Gasteiger partial charge in [-0.05, 0) is 53.9 Å². The summed E-state index contributed by atoms with van der Waals surface area (Å²) in [7, 11) is 0. The van der Waals surface area contributed by atoms with Crippen LogP contribution in [-0.2, 0) is 0 Å². The van der Waals surface area contributed by atoms with Crippen LogP contribution in [0.2, 0.25) is 0 Å². The molecule has 1 aromatic heterocycles. The van der Waals surface area contributed by atoms with E-state index >= 15 is 0 Å². The van der Waals surface area contributed by atoms with Crippen molar-refractivity contribution >= 4 is 17.0 Å². The first-order chi connectivity index (χ1) is 8.76. The lowest BCUT2D eigenvalue weighted by molar-refractivity contribution is 0.856. The molecule has 0 radical (unpaired) electrons. The van der Waals surface area contributed by atoms with E-state index in [1.165, 1.54) is 16.8 Å². The third-order valence-corrected chi connectivity index (χ3v) is 3.98. The van der Waals surface area contributed by atoms with Crippen LogP contribution in [0.25, 0.3) is 0 Å². The highest BCUT2D eigenvalue weighted by molar-refractivity contribution is 7.08. The van der Waals surface area contributed by atoms with Crippen molar-refractivity contribution in [2.75, 3.05) is 18.0 Å². The molecule has 18 heavy (non-hydrogen) atoms. The largest absolute Gasteiger partial charge is 0.372 e. The fraction of sp³-hybridized carbons (Fsp3) is 0.333. The second-order valence-electron chi connectivity index (χ2n) is 4.30. The van der Waals surface area contributed by atoms with Gasteiger partial charge in [-0.3, -0.25) is 0 Å². The maximum Gasteiger partial charge on any atom is 0.0559 e. The highest BCUT2D eigenvalue weighted by Gasteiger charge is 2.09. The summed E-state index contributed by atoms with van der Waals surface area (Å²) in [5.41, 5.74) is 9.87. The molecule has 0 aliphatic carbocycles. The average Bonchev–Trinajstić information content (AvgIpc) is 2.94. The van der Waals surface area contributed by atoms with Gasteiger partial charge in [0, 0.05) is 18.8 Å². The number of anilines is 1. The minimum Gasteiger partial charge on any atom is -0.372 e. The van der Waals surface area contributed by atoms with Gasteiger partial charge in [0.05, 0.1) is 6.04 Å². The summed E-state index contributed by atoms with van der Waals surface area (Å²) in [5.74, 6) is 0. The van der Waals surface area contributed by atoms with Gasteiger partial charge in [-0.15, -0.1) is 0 Å². The standard InChI is InChI=1S/C15H20N2S/c1-3-17(4-2)14-7-5-12(6-8-14)15(16)13-9-10-18-11-13/h5-11,15H,3-4,16H2,1-2H3/t15-/m1/s1. The van der Waals surface area contributed by atoms with Crippen LogP contribution in [-0.4, -0.2) is 13.1 Å². The van der Waals surface area contributed by atoms with E-state index in [0.717, 1.165) is 13.1 Å². The zero-order valence-electron chi connectivity index (χ0n) is 11.0. The van der Waals surface area contributed by atoms with Crippen molar-refractivity contribution in [1.29, 1.82) is 0 Å². The van der Waals surface area contributed by atoms with Gasteiger partial charge in [0.15, 0.2) is 0 Å². The van der Waals surface area contributed by atoms with E-state index in [9.17, 15) is 0 Å². The van der Waals surface area contributed by atoms with Gasteiger partial charge in [-0.2, -0.15) is 11.3 Å². The maximum atomic E-state index is 6.24. The Morgan fingerprint density at radius 3 is 2.22 bits per heavy atom. The van der Waals surface area contributed by atoms with E-state index in [1.807, 2.05) is 0 Å². The monoisotopic (exact) mass is 260 g/mol. The molecule has 2 nitrogen and oxygen atoms in total. The van der Waals surface area contributed by atoms with Crippen LogP contribution in [0, 0.1) is 0 Å². The van der Waals surface area contributed by atoms with Crippen molar-refractivity contribution in [3.63, 3.8) is 0 Å². The Balaban J connectivity index is 2.17. The Hall–Kier alpha value is -1.32. The fourth-order valence-electron chi connectivity index (χ4n) is 2.13. The minimum atomic E-state index is -0.0120. The molecule has 0 saturated carbocycles. The lowest BCUT2D eigenvalue weighted by Gasteiger charge is -2.21. The molecule has 0 fully saturated rings. The molecule has 0 bridgehead atoms. The van der Waals surface area contributed by atoms with Gasteiger partial charge >= 0.3 is 0 Å². The number of rotatable bonds is 5. The normalized spacial score (nSPS) is 12.4.